The molecule has 2 heterocycles. The lowest BCUT2D eigenvalue weighted by Gasteiger charge is -2.49. The number of hydroxylamine groups is 1. The van der Waals surface area contributed by atoms with Crippen molar-refractivity contribution in [3.05, 3.63) is 93.2 Å². The summed E-state index contributed by atoms with van der Waals surface area (Å²) in [4.78, 5) is 39.6. The molecule has 1 aliphatic heterocycles. The number of hydrogen-bond acceptors (Lipinski definition) is 7. The molecular weight excluding hydrogens is 603 g/mol. The monoisotopic (exact) mass is 632 g/mol. The van der Waals surface area contributed by atoms with Gasteiger partial charge in [-0.15, -0.1) is 0 Å². The van der Waals surface area contributed by atoms with Crippen molar-refractivity contribution in [2.45, 2.75) is 56.3 Å². The SMILES string of the molecule is CS(=O)(=O)NC1CCCCC1N1C(=O)c2ccc(O)cc2C(C(=O)NOCc2ccccn2)C1c1ccc(Cl)cc1Cl. The Hall–Kier alpha value is -3.22. The van der Waals surface area contributed by atoms with Crippen LogP contribution in [-0.4, -0.2) is 53.6 Å². The Morgan fingerprint density at radius 3 is 2.60 bits per heavy atom. The van der Waals surface area contributed by atoms with Gasteiger partial charge in [0, 0.05) is 33.9 Å². The molecular formula is C29H30Cl2N4O6S. The van der Waals surface area contributed by atoms with Gasteiger partial charge in [0.1, 0.15) is 12.4 Å². The predicted molar refractivity (Wildman–Crippen MR) is 157 cm³/mol. The van der Waals surface area contributed by atoms with Gasteiger partial charge in [-0.2, -0.15) is 0 Å². The molecule has 0 bridgehead atoms. The predicted octanol–water partition coefficient (Wildman–Crippen LogP) is 4.48. The van der Waals surface area contributed by atoms with Gasteiger partial charge in [0.2, 0.25) is 10.0 Å². The lowest BCUT2D eigenvalue weighted by Crippen LogP contribution is -2.59. The molecule has 0 radical (unpaired) electrons. The maximum absolute atomic E-state index is 14.3. The summed E-state index contributed by atoms with van der Waals surface area (Å²) in [7, 11) is -3.61. The minimum Gasteiger partial charge on any atom is -0.508 e. The fourth-order valence-electron chi connectivity index (χ4n) is 5.90. The number of hydrogen-bond donors (Lipinski definition) is 3. The van der Waals surface area contributed by atoms with Crippen LogP contribution in [0.15, 0.2) is 60.8 Å². The van der Waals surface area contributed by atoms with Crippen LogP contribution < -0.4 is 10.2 Å². The van der Waals surface area contributed by atoms with Crippen LogP contribution in [0, 0.1) is 0 Å². The third kappa shape index (κ3) is 6.55. The second kappa shape index (κ2) is 12.6. The van der Waals surface area contributed by atoms with Gasteiger partial charge in [-0.3, -0.25) is 19.4 Å². The minimum absolute atomic E-state index is 0.00973. The number of carbonyl (C=O) groups excluding carboxylic acids is 2. The number of nitrogens with one attached hydrogen (secondary N) is 2. The fraction of sp³-hybridized carbons (Fsp3) is 0.345. The highest BCUT2D eigenvalue weighted by Gasteiger charge is 2.49. The lowest BCUT2D eigenvalue weighted by molar-refractivity contribution is -0.138. The highest BCUT2D eigenvalue weighted by atomic mass is 35.5. The molecule has 4 unspecified atom stereocenters. The summed E-state index contributed by atoms with van der Waals surface area (Å²) < 4.78 is 27.4. The van der Waals surface area contributed by atoms with Gasteiger partial charge in [-0.25, -0.2) is 18.6 Å². The third-order valence-corrected chi connectivity index (χ3v) is 8.88. The summed E-state index contributed by atoms with van der Waals surface area (Å²) >= 11 is 12.9. The molecule has 0 saturated heterocycles. The maximum Gasteiger partial charge on any atom is 0.255 e. The highest BCUT2D eigenvalue weighted by molar-refractivity contribution is 7.88. The Labute approximate surface area is 254 Å². The van der Waals surface area contributed by atoms with Crippen molar-refractivity contribution in [3.8, 4) is 5.75 Å². The number of nitrogens with zero attached hydrogens (tertiary/aromatic N) is 2. The summed E-state index contributed by atoms with van der Waals surface area (Å²) in [5, 5.41) is 11.0. The number of pyridine rings is 1. The first-order valence-electron chi connectivity index (χ1n) is 13.4. The van der Waals surface area contributed by atoms with E-state index in [1.165, 1.54) is 24.3 Å². The standard InChI is InChI=1S/C29H30Cl2N4O6S/c1-42(39,40)34-24-7-2-3-8-25(24)35-27(21-11-9-17(30)14-23(21)31)26(22-15-19(36)10-12-20(22)29(35)38)28(37)33-41-16-18-6-4-5-13-32-18/h4-6,9-15,24-27,34,36H,2-3,7-8,16H2,1H3,(H,33,37). The van der Waals surface area contributed by atoms with Crippen molar-refractivity contribution >= 4 is 45.0 Å². The van der Waals surface area contributed by atoms with E-state index in [4.69, 9.17) is 28.0 Å². The van der Waals surface area contributed by atoms with E-state index >= 15 is 0 Å². The topological polar surface area (TPSA) is 138 Å². The molecule has 5 rings (SSSR count). The van der Waals surface area contributed by atoms with Crippen LogP contribution in [0.25, 0.3) is 0 Å². The molecule has 10 nitrogen and oxygen atoms in total. The van der Waals surface area contributed by atoms with E-state index in [1.807, 2.05) is 0 Å². The number of carbonyl (C=O) groups is 2. The first-order chi connectivity index (χ1) is 20.0. The zero-order valence-electron chi connectivity index (χ0n) is 22.7. The first-order valence-corrected chi connectivity index (χ1v) is 16.1. The number of phenolic OH excluding ortho intramolecular Hbond substituents is 1. The van der Waals surface area contributed by atoms with Crippen LogP contribution in [0.5, 0.6) is 5.75 Å². The molecule has 222 valence electrons. The largest absolute Gasteiger partial charge is 0.508 e. The van der Waals surface area contributed by atoms with Crippen LogP contribution in [0.2, 0.25) is 10.0 Å². The zero-order valence-corrected chi connectivity index (χ0v) is 25.0. The number of halogens is 2. The van der Waals surface area contributed by atoms with Crippen LogP contribution in [-0.2, 0) is 26.3 Å². The second-order valence-electron chi connectivity index (χ2n) is 10.5. The number of sulfonamides is 1. The zero-order chi connectivity index (χ0) is 30.0. The second-order valence-corrected chi connectivity index (χ2v) is 13.1. The molecule has 1 saturated carbocycles. The third-order valence-electron chi connectivity index (χ3n) is 7.59. The van der Waals surface area contributed by atoms with E-state index in [0.717, 1.165) is 19.1 Å². The van der Waals surface area contributed by atoms with E-state index < -0.39 is 45.9 Å². The summed E-state index contributed by atoms with van der Waals surface area (Å²) in [6.07, 6.45) is 5.22. The molecule has 2 amide bonds. The summed E-state index contributed by atoms with van der Waals surface area (Å²) in [5.41, 5.74) is 4.03. The average Bonchev–Trinajstić information content (AvgIpc) is 2.93. The quantitative estimate of drug-likeness (QED) is 0.311. The Morgan fingerprint density at radius 2 is 1.88 bits per heavy atom. The van der Waals surface area contributed by atoms with Gasteiger partial charge < -0.3 is 10.0 Å². The number of aromatic nitrogens is 1. The number of phenols is 1. The molecule has 1 fully saturated rings. The van der Waals surface area contributed by atoms with Crippen molar-refractivity contribution in [1.82, 2.24) is 20.1 Å². The van der Waals surface area contributed by atoms with E-state index in [0.29, 0.717) is 29.1 Å². The van der Waals surface area contributed by atoms with E-state index in [2.05, 4.69) is 15.2 Å². The number of aromatic hydroxyl groups is 1. The Kier molecular flexibility index (Phi) is 9.05. The van der Waals surface area contributed by atoms with Gasteiger partial charge >= 0.3 is 0 Å². The average molecular weight is 634 g/mol. The van der Waals surface area contributed by atoms with Crippen molar-refractivity contribution < 1.29 is 28.0 Å². The van der Waals surface area contributed by atoms with Crippen LogP contribution in [0.4, 0.5) is 0 Å². The Morgan fingerprint density at radius 1 is 1.10 bits per heavy atom. The van der Waals surface area contributed by atoms with Crippen LogP contribution in [0.3, 0.4) is 0 Å². The molecule has 13 heteroatoms. The van der Waals surface area contributed by atoms with Gasteiger partial charge in [0.25, 0.3) is 11.8 Å². The molecule has 3 N–H and O–H groups in total. The summed E-state index contributed by atoms with van der Waals surface area (Å²) in [6, 6.07) is 12.2. The van der Waals surface area contributed by atoms with E-state index in [9.17, 15) is 23.1 Å². The smallest absolute Gasteiger partial charge is 0.255 e. The Bertz CT molecular complexity index is 1590. The number of rotatable bonds is 8. The van der Waals surface area contributed by atoms with Crippen LogP contribution >= 0.6 is 23.2 Å². The van der Waals surface area contributed by atoms with Crippen molar-refractivity contribution in [2.75, 3.05) is 6.26 Å². The normalized spacial score (nSPS) is 22.5. The number of benzene rings is 2. The van der Waals surface area contributed by atoms with Gasteiger partial charge in [-0.1, -0.05) is 48.2 Å². The number of fused-ring (bicyclic) bond motifs is 1. The van der Waals surface area contributed by atoms with Crippen molar-refractivity contribution in [1.29, 1.82) is 0 Å². The lowest BCUT2D eigenvalue weighted by atomic mass is 9.76. The van der Waals surface area contributed by atoms with Gasteiger partial charge in [-0.05, 0) is 66.4 Å². The molecule has 2 aromatic carbocycles. The molecule has 4 atom stereocenters. The van der Waals surface area contributed by atoms with Crippen molar-refractivity contribution in [2.24, 2.45) is 0 Å². The molecule has 3 aromatic rings. The van der Waals surface area contributed by atoms with Gasteiger partial charge in [0.05, 0.1) is 23.9 Å². The molecule has 42 heavy (non-hydrogen) atoms. The molecule has 1 aliphatic carbocycles. The van der Waals surface area contributed by atoms with Crippen molar-refractivity contribution in [3.63, 3.8) is 0 Å². The highest BCUT2D eigenvalue weighted by Crippen LogP contribution is 2.48. The fourth-order valence-corrected chi connectivity index (χ4v) is 7.24. The van der Waals surface area contributed by atoms with E-state index in [-0.39, 0.29) is 28.5 Å². The summed E-state index contributed by atoms with van der Waals surface area (Å²) in [6.45, 7) is -0.00973. The summed E-state index contributed by atoms with van der Waals surface area (Å²) in [5.74, 6) is -2.22. The van der Waals surface area contributed by atoms with Crippen LogP contribution in [0.1, 0.15) is 64.8 Å². The maximum atomic E-state index is 14.3. The van der Waals surface area contributed by atoms with E-state index in [1.54, 1.807) is 41.4 Å². The first kappa shape index (κ1) is 30.2. The minimum atomic E-state index is -3.61. The number of amides is 2. The molecule has 2 aliphatic rings. The Balaban J connectivity index is 1.63. The van der Waals surface area contributed by atoms with Gasteiger partial charge in [0.15, 0.2) is 0 Å². The molecule has 1 aromatic heterocycles. The molecule has 0 spiro atoms.